The summed E-state index contributed by atoms with van der Waals surface area (Å²) in [6, 6.07) is -0.839. The summed E-state index contributed by atoms with van der Waals surface area (Å²) in [4.78, 5) is 22.9. The minimum Gasteiger partial charge on any atom is -0.387 e. The second-order valence-corrected chi connectivity index (χ2v) is 19.6. The van der Waals surface area contributed by atoms with E-state index in [0.717, 1.165) is 44.9 Å². The fraction of sp³-hybridized carbons (Fsp3) is 0.898. The number of unbranched alkanes of at least 4 members (excludes halogenated alkanes) is 30. The molecule has 0 rings (SSSR count). The van der Waals surface area contributed by atoms with E-state index in [2.05, 4.69) is 31.3 Å². The molecule has 0 aromatic heterocycles. The number of allylic oxidation sites excluding steroid dienone is 3. The van der Waals surface area contributed by atoms with Crippen LogP contribution in [0.15, 0.2) is 24.3 Å². The van der Waals surface area contributed by atoms with Crippen LogP contribution in [0.25, 0.3) is 0 Å². The zero-order valence-corrected chi connectivity index (χ0v) is 39.9. The molecule has 3 unspecified atom stereocenters. The van der Waals surface area contributed by atoms with Crippen LogP contribution in [0.3, 0.4) is 0 Å². The molecule has 344 valence electrons. The number of aliphatic hydroxyl groups excluding tert-OH is 1. The lowest BCUT2D eigenvalue weighted by molar-refractivity contribution is -0.870. The quantitative estimate of drug-likeness (QED) is 0.0244. The molecule has 8 nitrogen and oxygen atoms in total. The highest BCUT2D eigenvalue weighted by Gasteiger charge is 2.27. The van der Waals surface area contributed by atoms with E-state index >= 15 is 0 Å². The third kappa shape index (κ3) is 43.1. The van der Waals surface area contributed by atoms with Crippen LogP contribution < -0.4 is 5.32 Å². The van der Waals surface area contributed by atoms with Gasteiger partial charge < -0.3 is 19.8 Å². The molecule has 0 aromatic rings. The topological polar surface area (TPSA) is 105 Å². The van der Waals surface area contributed by atoms with E-state index in [1.807, 2.05) is 27.2 Å². The number of carbonyl (C=O) groups is 1. The van der Waals surface area contributed by atoms with Gasteiger partial charge in [-0.15, -0.1) is 0 Å². The molecule has 0 radical (unpaired) electrons. The Morgan fingerprint density at radius 1 is 0.569 bits per heavy atom. The van der Waals surface area contributed by atoms with Crippen LogP contribution in [0.4, 0.5) is 0 Å². The van der Waals surface area contributed by atoms with E-state index < -0.39 is 20.0 Å². The molecule has 0 bridgehead atoms. The number of hydrogen-bond donors (Lipinski definition) is 3. The molecular weight excluding hydrogens is 744 g/mol. The average molecular weight is 842 g/mol. The second-order valence-electron chi connectivity index (χ2n) is 18.2. The highest BCUT2D eigenvalue weighted by Crippen LogP contribution is 2.43. The van der Waals surface area contributed by atoms with Crippen molar-refractivity contribution < 1.29 is 32.9 Å². The van der Waals surface area contributed by atoms with Crippen LogP contribution in [0, 0.1) is 0 Å². The van der Waals surface area contributed by atoms with Gasteiger partial charge in [-0.1, -0.05) is 205 Å². The standard InChI is InChI=1S/C49H97N2O6P/c1-6-8-10-12-13-14-15-16-17-18-19-20-21-22-23-24-25-26-27-28-29-30-31-32-33-34-35-36-37-39-41-43-49(53)50-47(48(52)42-40-38-11-9-7-2)46-57-58(54,55)56-45-44-51(3,4)5/h18-19,40,42,47-48,52H,6-17,20-39,41,43-46H2,1-5H3,(H-,50,53,54,55)/p+1/b19-18-,42-40+. The number of quaternary nitrogens is 1. The van der Waals surface area contributed by atoms with Gasteiger partial charge in [0.05, 0.1) is 39.9 Å². The normalized spacial score (nSPS) is 14.4. The van der Waals surface area contributed by atoms with Crippen LogP contribution >= 0.6 is 7.82 Å². The van der Waals surface area contributed by atoms with Gasteiger partial charge in [0.25, 0.3) is 0 Å². The fourth-order valence-electron chi connectivity index (χ4n) is 7.21. The summed E-state index contributed by atoms with van der Waals surface area (Å²) in [6.45, 7) is 4.71. The predicted molar refractivity (Wildman–Crippen MR) is 249 cm³/mol. The average Bonchev–Trinajstić information content (AvgIpc) is 3.17. The maximum atomic E-state index is 12.8. The van der Waals surface area contributed by atoms with E-state index in [4.69, 9.17) is 9.05 Å². The van der Waals surface area contributed by atoms with Crippen molar-refractivity contribution in [2.45, 2.75) is 244 Å². The molecule has 0 fully saturated rings. The third-order valence-electron chi connectivity index (χ3n) is 11.2. The summed E-state index contributed by atoms with van der Waals surface area (Å²) >= 11 is 0. The van der Waals surface area contributed by atoms with E-state index in [0.29, 0.717) is 17.4 Å². The zero-order chi connectivity index (χ0) is 42.8. The minimum absolute atomic E-state index is 0.0623. The predicted octanol–water partition coefficient (Wildman–Crippen LogP) is 14.1. The second kappa shape index (κ2) is 41.3. The number of nitrogens with zero attached hydrogens (tertiary/aromatic N) is 1. The van der Waals surface area contributed by atoms with Crippen molar-refractivity contribution in [2.24, 2.45) is 0 Å². The lowest BCUT2D eigenvalue weighted by Gasteiger charge is -2.25. The number of carbonyl (C=O) groups excluding carboxylic acids is 1. The van der Waals surface area contributed by atoms with Gasteiger partial charge in [-0.25, -0.2) is 4.57 Å². The van der Waals surface area contributed by atoms with Crippen molar-refractivity contribution in [3.63, 3.8) is 0 Å². The maximum absolute atomic E-state index is 12.8. The van der Waals surface area contributed by atoms with Crippen LogP contribution in [0.1, 0.15) is 232 Å². The Hall–Kier alpha value is -1.02. The molecule has 0 spiro atoms. The highest BCUT2D eigenvalue weighted by atomic mass is 31.2. The minimum atomic E-state index is -4.32. The molecular formula is C49H98N2O6P+. The van der Waals surface area contributed by atoms with E-state index in [1.165, 1.54) is 167 Å². The highest BCUT2D eigenvalue weighted by molar-refractivity contribution is 7.47. The Morgan fingerprint density at radius 3 is 1.36 bits per heavy atom. The van der Waals surface area contributed by atoms with Crippen molar-refractivity contribution in [2.75, 3.05) is 40.9 Å². The van der Waals surface area contributed by atoms with Crippen molar-refractivity contribution in [3.8, 4) is 0 Å². The molecule has 0 saturated carbocycles. The van der Waals surface area contributed by atoms with Gasteiger partial charge >= 0.3 is 7.82 Å². The van der Waals surface area contributed by atoms with Crippen LogP contribution in [0.2, 0.25) is 0 Å². The molecule has 0 aromatic carbocycles. The van der Waals surface area contributed by atoms with Crippen LogP contribution in [-0.4, -0.2) is 73.4 Å². The first kappa shape index (κ1) is 57.0. The van der Waals surface area contributed by atoms with Crippen LogP contribution in [-0.2, 0) is 18.4 Å². The molecule has 0 heterocycles. The number of aliphatic hydroxyl groups is 1. The fourth-order valence-corrected chi connectivity index (χ4v) is 7.95. The van der Waals surface area contributed by atoms with Crippen LogP contribution in [0.5, 0.6) is 0 Å². The van der Waals surface area contributed by atoms with Crippen molar-refractivity contribution >= 4 is 13.7 Å². The van der Waals surface area contributed by atoms with Gasteiger partial charge in [0, 0.05) is 6.42 Å². The van der Waals surface area contributed by atoms with Gasteiger partial charge in [0.15, 0.2) is 0 Å². The maximum Gasteiger partial charge on any atom is 0.472 e. The Bertz CT molecular complexity index is 1000. The number of hydrogen-bond acceptors (Lipinski definition) is 5. The molecule has 0 aliphatic heterocycles. The SMILES string of the molecule is CCCCC/C=C/C(O)C(COP(=O)(O)OCC[N+](C)(C)C)NC(=O)CCCCCCCCCCCCCCCCCCCCC/C=C\CCCCCCCCCC. The van der Waals surface area contributed by atoms with Crippen molar-refractivity contribution in [1.29, 1.82) is 0 Å². The van der Waals surface area contributed by atoms with Gasteiger partial charge in [-0.3, -0.25) is 13.8 Å². The van der Waals surface area contributed by atoms with Gasteiger partial charge in [0.2, 0.25) is 5.91 Å². The molecule has 3 N–H and O–H groups in total. The summed E-state index contributed by atoms with van der Waals surface area (Å²) in [5.74, 6) is -0.181. The lowest BCUT2D eigenvalue weighted by Crippen LogP contribution is -2.45. The molecule has 3 atom stereocenters. The van der Waals surface area contributed by atoms with Gasteiger partial charge in [0.1, 0.15) is 13.2 Å². The number of rotatable bonds is 45. The Kier molecular flexibility index (Phi) is 40.6. The number of phosphoric acid groups is 1. The van der Waals surface area contributed by atoms with E-state index in [-0.39, 0.29) is 19.1 Å². The number of phosphoric ester groups is 1. The molecule has 58 heavy (non-hydrogen) atoms. The number of nitrogens with one attached hydrogen (secondary N) is 1. The molecule has 1 amide bonds. The van der Waals surface area contributed by atoms with Crippen molar-refractivity contribution in [1.82, 2.24) is 5.32 Å². The molecule has 0 aliphatic carbocycles. The summed E-state index contributed by atoms with van der Waals surface area (Å²) < 4.78 is 23.4. The van der Waals surface area contributed by atoms with Gasteiger partial charge in [-0.2, -0.15) is 0 Å². The number of likely N-dealkylation sites (N-methyl/N-ethyl adjacent to an activating group) is 1. The van der Waals surface area contributed by atoms with Crippen molar-refractivity contribution in [3.05, 3.63) is 24.3 Å². The zero-order valence-electron chi connectivity index (χ0n) is 39.0. The molecule has 0 saturated heterocycles. The van der Waals surface area contributed by atoms with Gasteiger partial charge in [-0.05, 0) is 44.9 Å². The molecule has 0 aliphatic rings. The Balaban J connectivity index is 3.81. The smallest absolute Gasteiger partial charge is 0.387 e. The monoisotopic (exact) mass is 842 g/mol. The summed E-state index contributed by atoms with van der Waals surface area (Å²) in [5.41, 5.74) is 0. The lowest BCUT2D eigenvalue weighted by atomic mass is 10.0. The molecule has 9 heteroatoms. The summed E-state index contributed by atoms with van der Waals surface area (Å²) in [7, 11) is 1.57. The first-order valence-electron chi connectivity index (χ1n) is 24.7. The van der Waals surface area contributed by atoms with E-state index in [1.54, 1.807) is 6.08 Å². The summed E-state index contributed by atoms with van der Waals surface area (Å²) in [6.07, 6.45) is 50.4. The first-order valence-corrected chi connectivity index (χ1v) is 26.2. The number of amides is 1. The Labute approximate surface area is 360 Å². The van der Waals surface area contributed by atoms with E-state index in [9.17, 15) is 19.4 Å². The first-order chi connectivity index (χ1) is 28.0. The largest absolute Gasteiger partial charge is 0.472 e. The summed E-state index contributed by atoms with van der Waals surface area (Å²) in [5, 5.41) is 13.6. The Morgan fingerprint density at radius 2 is 0.931 bits per heavy atom. The third-order valence-corrected chi connectivity index (χ3v) is 12.1.